The van der Waals surface area contributed by atoms with Crippen molar-refractivity contribution in [2.75, 3.05) is 26.2 Å². The standard InChI is InChI=1S/C16H18F2N2OS/c17-16(18)21-14-3-1-2-12(10-14)15(13-4-9-22-11-13)20-7-5-19-6-8-20/h1-4,9-11,15-16,19H,5-8H2/t15-/m0/s1. The minimum absolute atomic E-state index is 0.0783. The molecule has 0 spiro atoms. The molecule has 1 aliphatic heterocycles. The fourth-order valence-electron chi connectivity index (χ4n) is 2.85. The van der Waals surface area contributed by atoms with Crippen molar-refractivity contribution in [3.8, 4) is 5.75 Å². The highest BCUT2D eigenvalue weighted by Gasteiger charge is 2.24. The van der Waals surface area contributed by atoms with Crippen molar-refractivity contribution in [1.29, 1.82) is 0 Å². The molecule has 2 heterocycles. The smallest absolute Gasteiger partial charge is 0.387 e. The quantitative estimate of drug-likeness (QED) is 0.913. The lowest BCUT2D eigenvalue weighted by atomic mass is 9.98. The minimum Gasteiger partial charge on any atom is -0.435 e. The summed E-state index contributed by atoms with van der Waals surface area (Å²) in [6.45, 7) is 0.942. The van der Waals surface area contributed by atoms with Crippen LogP contribution in [0, 0.1) is 0 Å². The third-order valence-corrected chi connectivity index (χ3v) is 4.48. The first-order valence-electron chi connectivity index (χ1n) is 7.25. The van der Waals surface area contributed by atoms with Crippen molar-refractivity contribution in [2.45, 2.75) is 12.7 Å². The maximum Gasteiger partial charge on any atom is 0.387 e. The molecule has 1 aromatic heterocycles. The Balaban J connectivity index is 1.91. The summed E-state index contributed by atoms with van der Waals surface area (Å²) in [7, 11) is 0. The van der Waals surface area contributed by atoms with Gasteiger partial charge in [-0.3, -0.25) is 4.90 Å². The fraction of sp³-hybridized carbons (Fsp3) is 0.375. The van der Waals surface area contributed by atoms with Crippen LogP contribution in [0.15, 0.2) is 41.1 Å². The van der Waals surface area contributed by atoms with E-state index in [0.717, 1.165) is 31.7 Å². The molecule has 0 saturated carbocycles. The number of piperazine rings is 1. The normalized spacial score (nSPS) is 17.6. The van der Waals surface area contributed by atoms with Crippen LogP contribution in [0.3, 0.4) is 0 Å². The number of rotatable bonds is 5. The summed E-state index contributed by atoms with van der Waals surface area (Å²) in [5.74, 6) is 0.211. The highest BCUT2D eigenvalue weighted by molar-refractivity contribution is 7.08. The van der Waals surface area contributed by atoms with Crippen molar-refractivity contribution >= 4 is 11.3 Å². The monoisotopic (exact) mass is 324 g/mol. The molecule has 118 valence electrons. The van der Waals surface area contributed by atoms with Crippen molar-refractivity contribution < 1.29 is 13.5 Å². The average molecular weight is 324 g/mol. The van der Waals surface area contributed by atoms with Crippen LogP contribution in [-0.4, -0.2) is 37.7 Å². The molecule has 0 aliphatic carbocycles. The Bertz CT molecular complexity index is 586. The van der Waals surface area contributed by atoms with Gasteiger partial charge in [-0.25, -0.2) is 0 Å². The van der Waals surface area contributed by atoms with Gasteiger partial charge in [0.25, 0.3) is 0 Å². The van der Waals surface area contributed by atoms with E-state index >= 15 is 0 Å². The maximum absolute atomic E-state index is 12.4. The van der Waals surface area contributed by atoms with E-state index in [9.17, 15) is 8.78 Å². The Labute approximate surface area is 132 Å². The van der Waals surface area contributed by atoms with E-state index in [2.05, 4.69) is 26.4 Å². The Morgan fingerprint density at radius 2 is 1.95 bits per heavy atom. The Morgan fingerprint density at radius 1 is 1.14 bits per heavy atom. The number of ether oxygens (including phenoxy) is 1. The summed E-state index contributed by atoms with van der Waals surface area (Å²) >= 11 is 1.65. The molecule has 2 aromatic rings. The summed E-state index contributed by atoms with van der Waals surface area (Å²) in [5.41, 5.74) is 2.18. The molecule has 0 amide bonds. The molecular formula is C16H18F2N2OS. The van der Waals surface area contributed by atoms with Gasteiger partial charge >= 0.3 is 6.61 Å². The molecule has 6 heteroatoms. The van der Waals surface area contributed by atoms with E-state index in [1.807, 2.05) is 11.4 Å². The predicted octanol–water partition coefficient (Wildman–Crippen LogP) is 3.34. The predicted molar refractivity (Wildman–Crippen MR) is 83.7 cm³/mol. The Morgan fingerprint density at radius 3 is 2.64 bits per heavy atom. The molecule has 22 heavy (non-hydrogen) atoms. The largest absolute Gasteiger partial charge is 0.435 e. The van der Waals surface area contributed by atoms with Gasteiger partial charge in [0.15, 0.2) is 0 Å². The molecule has 3 nitrogen and oxygen atoms in total. The van der Waals surface area contributed by atoms with Gasteiger partial charge in [-0.1, -0.05) is 12.1 Å². The second-order valence-electron chi connectivity index (χ2n) is 5.20. The molecule has 0 unspecified atom stereocenters. The second kappa shape index (κ2) is 7.17. The summed E-state index contributed by atoms with van der Waals surface area (Å²) in [4.78, 5) is 2.38. The second-order valence-corrected chi connectivity index (χ2v) is 5.98. The number of benzene rings is 1. The van der Waals surface area contributed by atoms with Crippen LogP contribution < -0.4 is 10.1 Å². The first kappa shape index (κ1) is 15.4. The third kappa shape index (κ3) is 3.63. The van der Waals surface area contributed by atoms with E-state index in [-0.39, 0.29) is 11.8 Å². The third-order valence-electron chi connectivity index (χ3n) is 3.77. The number of alkyl halides is 2. The lowest BCUT2D eigenvalue weighted by molar-refractivity contribution is -0.0499. The molecule has 0 bridgehead atoms. The number of hydrogen-bond acceptors (Lipinski definition) is 4. The van der Waals surface area contributed by atoms with Gasteiger partial charge in [0.2, 0.25) is 0 Å². The van der Waals surface area contributed by atoms with Crippen LogP contribution in [0.1, 0.15) is 17.2 Å². The highest BCUT2D eigenvalue weighted by Crippen LogP contribution is 2.32. The first-order chi connectivity index (χ1) is 10.7. The van der Waals surface area contributed by atoms with Crippen molar-refractivity contribution in [1.82, 2.24) is 10.2 Å². The van der Waals surface area contributed by atoms with Crippen LogP contribution >= 0.6 is 11.3 Å². The summed E-state index contributed by atoms with van der Waals surface area (Å²) in [6, 6.07) is 9.21. The van der Waals surface area contributed by atoms with Crippen LogP contribution in [0.4, 0.5) is 8.78 Å². The van der Waals surface area contributed by atoms with E-state index < -0.39 is 6.61 Å². The van der Waals surface area contributed by atoms with E-state index in [4.69, 9.17) is 0 Å². The van der Waals surface area contributed by atoms with Gasteiger partial charge in [0, 0.05) is 26.2 Å². The number of nitrogens with one attached hydrogen (secondary N) is 1. The fourth-order valence-corrected chi connectivity index (χ4v) is 3.52. The molecule has 1 aromatic carbocycles. The Kier molecular flexibility index (Phi) is 5.02. The lowest BCUT2D eigenvalue weighted by Gasteiger charge is -2.35. The molecule has 1 aliphatic rings. The summed E-state index contributed by atoms with van der Waals surface area (Å²) in [5, 5.41) is 7.50. The van der Waals surface area contributed by atoms with Crippen LogP contribution in [-0.2, 0) is 0 Å². The molecule has 1 N–H and O–H groups in total. The maximum atomic E-state index is 12.4. The highest BCUT2D eigenvalue weighted by atomic mass is 32.1. The number of thiophene rings is 1. The van der Waals surface area contributed by atoms with Crippen LogP contribution in [0.2, 0.25) is 0 Å². The summed E-state index contributed by atoms with van der Waals surface area (Å²) in [6.07, 6.45) is 0. The molecule has 1 atom stereocenters. The molecule has 0 radical (unpaired) electrons. The topological polar surface area (TPSA) is 24.5 Å². The van der Waals surface area contributed by atoms with E-state index in [1.54, 1.807) is 29.5 Å². The minimum atomic E-state index is -2.80. The van der Waals surface area contributed by atoms with Gasteiger partial charge in [-0.2, -0.15) is 20.1 Å². The van der Waals surface area contributed by atoms with Gasteiger partial charge in [-0.15, -0.1) is 0 Å². The zero-order valence-electron chi connectivity index (χ0n) is 12.0. The number of halogens is 2. The van der Waals surface area contributed by atoms with Crippen LogP contribution in [0.25, 0.3) is 0 Å². The van der Waals surface area contributed by atoms with Gasteiger partial charge in [0.1, 0.15) is 5.75 Å². The van der Waals surface area contributed by atoms with E-state index in [0.29, 0.717) is 0 Å². The average Bonchev–Trinajstić information content (AvgIpc) is 3.02. The van der Waals surface area contributed by atoms with Gasteiger partial charge in [-0.05, 0) is 40.1 Å². The van der Waals surface area contributed by atoms with Gasteiger partial charge in [0.05, 0.1) is 6.04 Å². The molecule has 1 saturated heterocycles. The zero-order chi connectivity index (χ0) is 15.4. The van der Waals surface area contributed by atoms with Crippen molar-refractivity contribution in [3.63, 3.8) is 0 Å². The van der Waals surface area contributed by atoms with Crippen molar-refractivity contribution in [3.05, 3.63) is 52.2 Å². The number of hydrogen-bond donors (Lipinski definition) is 1. The van der Waals surface area contributed by atoms with E-state index in [1.165, 1.54) is 5.56 Å². The van der Waals surface area contributed by atoms with Crippen molar-refractivity contribution in [2.24, 2.45) is 0 Å². The zero-order valence-corrected chi connectivity index (χ0v) is 12.9. The van der Waals surface area contributed by atoms with Gasteiger partial charge < -0.3 is 10.1 Å². The first-order valence-corrected chi connectivity index (χ1v) is 8.20. The summed E-state index contributed by atoms with van der Waals surface area (Å²) < 4.78 is 29.4. The lowest BCUT2D eigenvalue weighted by Crippen LogP contribution is -2.45. The Hall–Kier alpha value is -1.50. The molecule has 3 rings (SSSR count). The number of nitrogens with zero attached hydrogens (tertiary/aromatic N) is 1. The SMILES string of the molecule is FC(F)Oc1cccc([C@@H](c2ccsc2)N2CCNCC2)c1. The molecular weight excluding hydrogens is 306 g/mol. The molecule has 1 fully saturated rings. The van der Waals surface area contributed by atoms with Crippen LogP contribution in [0.5, 0.6) is 5.75 Å².